The van der Waals surface area contributed by atoms with E-state index in [9.17, 15) is 0 Å². The van der Waals surface area contributed by atoms with Crippen molar-refractivity contribution in [1.82, 2.24) is 9.78 Å². The Labute approximate surface area is 100 Å². The maximum absolute atomic E-state index is 8.86. The first-order valence-electron chi connectivity index (χ1n) is 5.42. The number of nitrogens with one attached hydrogen (secondary N) is 1. The maximum atomic E-state index is 8.86. The minimum atomic E-state index is 0.670. The van der Waals surface area contributed by atoms with Crippen molar-refractivity contribution in [2.45, 2.75) is 13.5 Å². The average Bonchev–Trinajstić information content (AvgIpc) is 2.74. The second kappa shape index (κ2) is 4.71. The Balaban J connectivity index is 2.14. The Morgan fingerprint density at radius 3 is 2.88 bits per heavy atom. The first-order valence-corrected chi connectivity index (χ1v) is 5.42. The molecule has 0 spiro atoms. The molecule has 0 atom stereocenters. The average molecular weight is 226 g/mol. The largest absolute Gasteiger partial charge is 0.379 e. The van der Waals surface area contributed by atoms with Gasteiger partial charge in [0.05, 0.1) is 23.9 Å². The predicted molar refractivity (Wildman–Crippen MR) is 66.4 cm³/mol. The summed E-state index contributed by atoms with van der Waals surface area (Å²) in [6.07, 6.45) is 1.77. The van der Waals surface area contributed by atoms with E-state index >= 15 is 0 Å². The van der Waals surface area contributed by atoms with Gasteiger partial charge in [0.1, 0.15) is 0 Å². The number of aromatic nitrogens is 2. The Kier molecular flexibility index (Phi) is 3.10. The number of hydrogen-bond donors (Lipinski definition) is 1. The standard InChI is InChI=1S/C13H14N4/c1-10-3-4-11(8-14)7-13(10)15-9-12-5-6-16-17(12)2/h3-7,15H,9H2,1-2H3. The van der Waals surface area contributed by atoms with Gasteiger partial charge in [-0.15, -0.1) is 0 Å². The zero-order valence-electron chi connectivity index (χ0n) is 9.94. The van der Waals surface area contributed by atoms with Crippen molar-refractivity contribution in [2.24, 2.45) is 7.05 Å². The molecular formula is C13H14N4. The fraction of sp³-hybridized carbons (Fsp3) is 0.231. The smallest absolute Gasteiger partial charge is 0.0992 e. The van der Waals surface area contributed by atoms with Gasteiger partial charge in [-0.1, -0.05) is 6.07 Å². The third-order valence-corrected chi connectivity index (χ3v) is 2.75. The van der Waals surface area contributed by atoms with Crippen molar-refractivity contribution < 1.29 is 0 Å². The summed E-state index contributed by atoms with van der Waals surface area (Å²) in [4.78, 5) is 0. The maximum Gasteiger partial charge on any atom is 0.0992 e. The summed E-state index contributed by atoms with van der Waals surface area (Å²) in [5.74, 6) is 0. The summed E-state index contributed by atoms with van der Waals surface area (Å²) < 4.78 is 1.83. The van der Waals surface area contributed by atoms with Gasteiger partial charge in [-0.3, -0.25) is 4.68 Å². The van der Waals surface area contributed by atoms with Crippen molar-refractivity contribution in [1.29, 1.82) is 5.26 Å². The Hall–Kier alpha value is -2.28. The van der Waals surface area contributed by atoms with Crippen LogP contribution >= 0.6 is 0 Å². The van der Waals surface area contributed by atoms with E-state index in [1.54, 1.807) is 6.20 Å². The summed E-state index contributed by atoms with van der Waals surface area (Å²) in [6, 6.07) is 9.75. The molecule has 86 valence electrons. The van der Waals surface area contributed by atoms with Crippen LogP contribution < -0.4 is 5.32 Å². The highest BCUT2D eigenvalue weighted by Crippen LogP contribution is 2.17. The van der Waals surface area contributed by atoms with Gasteiger partial charge in [0.15, 0.2) is 0 Å². The molecule has 4 nitrogen and oxygen atoms in total. The molecule has 0 bridgehead atoms. The Bertz CT molecular complexity index is 563. The molecule has 1 heterocycles. The normalized spacial score (nSPS) is 9.94. The van der Waals surface area contributed by atoms with E-state index in [-0.39, 0.29) is 0 Å². The molecule has 0 aliphatic heterocycles. The lowest BCUT2D eigenvalue weighted by atomic mass is 10.1. The molecule has 17 heavy (non-hydrogen) atoms. The van der Waals surface area contributed by atoms with Crippen molar-refractivity contribution >= 4 is 5.69 Å². The van der Waals surface area contributed by atoms with E-state index in [0.29, 0.717) is 12.1 Å². The van der Waals surface area contributed by atoms with Gasteiger partial charge in [0.25, 0.3) is 0 Å². The second-order valence-corrected chi connectivity index (χ2v) is 3.94. The van der Waals surface area contributed by atoms with Gasteiger partial charge in [0, 0.05) is 18.9 Å². The molecule has 0 aliphatic rings. The quantitative estimate of drug-likeness (QED) is 0.873. The van der Waals surface area contributed by atoms with E-state index in [1.807, 2.05) is 42.9 Å². The number of aryl methyl sites for hydroxylation is 2. The van der Waals surface area contributed by atoms with E-state index in [1.165, 1.54) is 0 Å². The fourth-order valence-electron chi connectivity index (χ4n) is 1.64. The molecule has 1 aromatic heterocycles. The molecule has 0 radical (unpaired) electrons. The minimum absolute atomic E-state index is 0.670. The highest BCUT2D eigenvalue weighted by atomic mass is 15.3. The number of nitriles is 1. The van der Waals surface area contributed by atoms with Crippen LogP contribution in [0.2, 0.25) is 0 Å². The first-order chi connectivity index (χ1) is 8.20. The van der Waals surface area contributed by atoms with E-state index < -0.39 is 0 Å². The van der Waals surface area contributed by atoms with Crippen LogP contribution in [-0.2, 0) is 13.6 Å². The van der Waals surface area contributed by atoms with Crippen LogP contribution in [0.15, 0.2) is 30.5 Å². The fourth-order valence-corrected chi connectivity index (χ4v) is 1.64. The van der Waals surface area contributed by atoms with Crippen molar-refractivity contribution in [3.63, 3.8) is 0 Å². The molecule has 0 amide bonds. The van der Waals surface area contributed by atoms with Gasteiger partial charge in [-0.25, -0.2) is 0 Å². The van der Waals surface area contributed by atoms with Gasteiger partial charge in [-0.2, -0.15) is 10.4 Å². The molecule has 0 saturated heterocycles. The zero-order chi connectivity index (χ0) is 12.3. The zero-order valence-corrected chi connectivity index (χ0v) is 9.94. The monoisotopic (exact) mass is 226 g/mol. The first kappa shape index (κ1) is 11.2. The predicted octanol–water partition coefficient (Wildman–Crippen LogP) is 2.21. The summed E-state index contributed by atoms with van der Waals surface area (Å²) in [6.45, 7) is 2.72. The van der Waals surface area contributed by atoms with Crippen molar-refractivity contribution in [2.75, 3.05) is 5.32 Å². The Morgan fingerprint density at radius 2 is 2.24 bits per heavy atom. The molecule has 0 aliphatic carbocycles. The molecule has 0 saturated carbocycles. The molecule has 0 fully saturated rings. The van der Waals surface area contributed by atoms with Crippen LogP contribution in [-0.4, -0.2) is 9.78 Å². The van der Waals surface area contributed by atoms with Crippen LogP contribution in [0.3, 0.4) is 0 Å². The molecule has 4 heteroatoms. The number of rotatable bonds is 3. The highest BCUT2D eigenvalue weighted by molar-refractivity contribution is 5.55. The lowest BCUT2D eigenvalue weighted by Gasteiger charge is -2.09. The van der Waals surface area contributed by atoms with E-state index in [2.05, 4.69) is 16.5 Å². The van der Waals surface area contributed by atoms with Crippen molar-refractivity contribution in [3.8, 4) is 6.07 Å². The van der Waals surface area contributed by atoms with Gasteiger partial charge < -0.3 is 5.32 Å². The third-order valence-electron chi connectivity index (χ3n) is 2.75. The molecule has 0 unspecified atom stereocenters. The van der Waals surface area contributed by atoms with Crippen LogP contribution in [0.5, 0.6) is 0 Å². The van der Waals surface area contributed by atoms with Crippen LogP contribution in [0.4, 0.5) is 5.69 Å². The number of benzene rings is 1. The van der Waals surface area contributed by atoms with E-state index in [0.717, 1.165) is 16.9 Å². The summed E-state index contributed by atoms with van der Waals surface area (Å²) in [5, 5.41) is 16.3. The summed E-state index contributed by atoms with van der Waals surface area (Å²) in [5.41, 5.74) is 3.89. The molecular weight excluding hydrogens is 212 g/mol. The summed E-state index contributed by atoms with van der Waals surface area (Å²) >= 11 is 0. The van der Waals surface area contributed by atoms with Crippen LogP contribution in [0.25, 0.3) is 0 Å². The van der Waals surface area contributed by atoms with Crippen LogP contribution in [0.1, 0.15) is 16.8 Å². The van der Waals surface area contributed by atoms with Gasteiger partial charge in [0.2, 0.25) is 0 Å². The lowest BCUT2D eigenvalue weighted by Crippen LogP contribution is -2.06. The Morgan fingerprint density at radius 1 is 1.41 bits per heavy atom. The third kappa shape index (κ3) is 2.45. The van der Waals surface area contributed by atoms with Crippen LogP contribution in [0, 0.1) is 18.3 Å². The van der Waals surface area contributed by atoms with Gasteiger partial charge >= 0.3 is 0 Å². The number of anilines is 1. The van der Waals surface area contributed by atoms with E-state index in [4.69, 9.17) is 5.26 Å². The SMILES string of the molecule is Cc1ccc(C#N)cc1NCc1ccnn1C. The second-order valence-electron chi connectivity index (χ2n) is 3.94. The molecule has 1 aromatic carbocycles. The number of hydrogen-bond acceptors (Lipinski definition) is 3. The topological polar surface area (TPSA) is 53.6 Å². The highest BCUT2D eigenvalue weighted by Gasteiger charge is 2.02. The molecule has 2 rings (SSSR count). The molecule has 2 aromatic rings. The van der Waals surface area contributed by atoms with Gasteiger partial charge in [-0.05, 0) is 30.7 Å². The summed E-state index contributed by atoms with van der Waals surface area (Å²) in [7, 11) is 1.91. The minimum Gasteiger partial charge on any atom is -0.379 e. The van der Waals surface area contributed by atoms with Crippen molar-refractivity contribution in [3.05, 3.63) is 47.3 Å². The number of nitrogens with zero attached hydrogens (tertiary/aromatic N) is 3. The molecule has 1 N–H and O–H groups in total. The lowest BCUT2D eigenvalue weighted by molar-refractivity contribution is 0.720.